The molecule has 0 bridgehead atoms. The fourth-order valence-electron chi connectivity index (χ4n) is 1.55. The predicted octanol–water partition coefficient (Wildman–Crippen LogP) is 2.44. The lowest BCUT2D eigenvalue weighted by Crippen LogP contribution is -2.30. The van der Waals surface area contributed by atoms with E-state index in [0.29, 0.717) is 24.7 Å². The van der Waals surface area contributed by atoms with Crippen molar-refractivity contribution in [1.29, 1.82) is 0 Å². The van der Waals surface area contributed by atoms with Crippen LogP contribution in [0.1, 0.15) is 40.5 Å². The summed E-state index contributed by atoms with van der Waals surface area (Å²) in [7, 11) is 0. The fraction of sp³-hybridized carbons (Fsp3) is 0.818. The molecular weight excluding hydrogens is 148 g/mol. The van der Waals surface area contributed by atoms with E-state index in [-0.39, 0.29) is 0 Å². The molecule has 0 aromatic heterocycles. The van der Waals surface area contributed by atoms with Gasteiger partial charge in [-0.05, 0) is 24.7 Å². The molecule has 0 radical (unpaired) electrons. The normalized spacial score (nSPS) is 12.2. The van der Waals surface area contributed by atoms with Gasteiger partial charge in [-0.15, -0.1) is 6.42 Å². The van der Waals surface area contributed by atoms with Crippen molar-refractivity contribution >= 4 is 0 Å². The molecule has 0 spiro atoms. The van der Waals surface area contributed by atoms with Crippen LogP contribution >= 0.6 is 0 Å². The molecule has 0 rings (SSSR count). The van der Waals surface area contributed by atoms with Gasteiger partial charge in [0.1, 0.15) is 5.60 Å². The monoisotopic (exact) mass is 168 g/mol. The second-order valence-electron chi connectivity index (χ2n) is 4.37. The molecular formula is C11H20O. The Morgan fingerprint density at radius 2 is 1.50 bits per heavy atom. The van der Waals surface area contributed by atoms with Crippen LogP contribution in [-0.4, -0.2) is 10.7 Å². The minimum Gasteiger partial charge on any atom is -0.378 e. The maximum atomic E-state index is 9.92. The van der Waals surface area contributed by atoms with Gasteiger partial charge >= 0.3 is 0 Å². The summed E-state index contributed by atoms with van der Waals surface area (Å²) in [6.45, 7) is 8.29. The lowest BCUT2D eigenvalue weighted by molar-refractivity contribution is 0.0568. The third-order valence-electron chi connectivity index (χ3n) is 1.76. The van der Waals surface area contributed by atoms with E-state index in [4.69, 9.17) is 6.42 Å². The summed E-state index contributed by atoms with van der Waals surface area (Å²) in [4.78, 5) is 0. The van der Waals surface area contributed by atoms with Crippen molar-refractivity contribution < 1.29 is 5.11 Å². The largest absolute Gasteiger partial charge is 0.378 e. The van der Waals surface area contributed by atoms with Crippen molar-refractivity contribution in [2.24, 2.45) is 11.8 Å². The van der Waals surface area contributed by atoms with E-state index in [1.54, 1.807) is 0 Å². The first-order valence-corrected chi connectivity index (χ1v) is 4.60. The van der Waals surface area contributed by atoms with Gasteiger partial charge in [-0.3, -0.25) is 0 Å². The smallest absolute Gasteiger partial charge is 0.125 e. The zero-order valence-corrected chi connectivity index (χ0v) is 8.59. The average molecular weight is 168 g/mol. The molecule has 0 amide bonds. The van der Waals surface area contributed by atoms with Crippen molar-refractivity contribution in [3.8, 4) is 12.3 Å². The van der Waals surface area contributed by atoms with Crippen LogP contribution < -0.4 is 0 Å². The maximum absolute atomic E-state index is 9.92. The second kappa shape index (κ2) is 4.52. The Balaban J connectivity index is 4.17. The minimum absolute atomic E-state index is 0.449. The van der Waals surface area contributed by atoms with Gasteiger partial charge in [0, 0.05) is 0 Å². The number of terminal acetylenes is 1. The van der Waals surface area contributed by atoms with E-state index in [9.17, 15) is 5.11 Å². The minimum atomic E-state index is -0.887. The molecule has 0 fully saturated rings. The number of hydrogen-bond acceptors (Lipinski definition) is 1. The highest BCUT2D eigenvalue weighted by molar-refractivity contribution is 5.07. The van der Waals surface area contributed by atoms with Crippen molar-refractivity contribution in [1.82, 2.24) is 0 Å². The highest BCUT2D eigenvalue weighted by Crippen LogP contribution is 2.23. The molecule has 12 heavy (non-hydrogen) atoms. The summed E-state index contributed by atoms with van der Waals surface area (Å²) in [6.07, 6.45) is 6.70. The van der Waals surface area contributed by atoms with Gasteiger partial charge in [-0.2, -0.15) is 0 Å². The molecule has 0 aromatic rings. The topological polar surface area (TPSA) is 20.2 Å². The van der Waals surface area contributed by atoms with Gasteiger partial charge in [0.25, 0.3) is 0 Å². The maximum Gasteiger partial charge on any atom is 0.125 e. The summed E-state index contributed by atoms with van der Waals surface area (Å²) in [5.74, 6) is 3.39. The highest BCUT2D eigenvalue weighted by Gasteiger charge is 2.25. The molecule has 70 valence electrons. The van der Waals surface area contributed by atoms with Crippen LogP contribution in [0, 0.1) is 24.2 Å². The third kappa shape index (κ3) is 4.41. The zero-order valence-electron chi connectivity index (χ0n) is 8.59. The van der Waals surface area contributed by atoms with E-state index >= 15 is 0 Å². The molecule has 0 aliphatic carbocycles. The molecule has 0 unspecified atom stereocenters. The lowest BCUT2D eigenvalue weighted by Gasteiger charge is -2.25. The van der Waals surface area contributed by atoms with Gasteiger partial charge in [0.05, 0.1) is 0 Å². The zero-order chi connectivity index (χ0) is 9.78. The van der Waals surface area contributed by atoms with Crippen LogP contribution in [-0.2, 0) is 0 Å². The summed E-state index contributed by atoms with van der Waals surface area (Å²) < 4.78 is 0. The molecule has 0 aromatic carbocycles. The molecule has 1 heteroatoms. The molecule has 0 aliphatic rings. The summed E-state index contributed by atoms with van der Waals surface area (Å²) in [5.41, 5.74) is -0.887. The summed E-state index contributed by atoms with van der Waals surface area (Å²) >= 11 is 0. The fourth-order valence-corrected chi connectivity index (χ4v) is 1.55. The van der Waals surface area contributed by atoms with Gasteiger partial charge in [0.15, 0.2) is 0 Å². The molecule has 0 aliphatic heterocycles. The predicted molar refractivity (Wildman–Crippen MR) is 52.7 cm³/mol. The molecule has 0 heterocycles. The lowest BCUT2D eigenvalue weighted by atomic mass is 9.86. The van der Waals surface area contributed by atoms with Crippen molar-refractivity contribution in [3.05, 3.63) is 0 Å². The van der Waals surface area contributed by atoms with Gasteiger partial charge in [0.2, 0.25) is 0 Å². The summed E-state index contributed by atoms with van der Waals surface area (Å²) in [6, 6.07) is 0. The van der Waals surface area contributed by atoms with E-state index in [2.05, 4.69) is 33.6 Å². The second-order valence-corrected chi connectivity index (χ2v) is 4.37. The van der Waals surface area contributed by atoms with Gasteiger partial charge in [-0.25, -0.2) is 0 Å². The Kier molecular flexibility index (Phi) is 4.34. The Bertz CT molecular complexity index is 152. The van der Waals surface area contributed by atoms with Crippen LogP contribution in [0.25, 0.3) is 0 Å². The molecule has 1 nitrogen and oxygen atoms in total. The third-order valence-corrected chi connectivity index (χ3v) is 1.76. The highest BCUT2D eigenvalue weighted by atomic mass is 16.3. The molecule has 0 saturated heterocycles. The van der Waals surface area contributed by atoms with E-state index < -0.39 is 5.60 Å². The van der Waals surface area contributed by atoms with Crippen LogP contribution in [0.2, 0.25) is 0 Å². The Morgan fingerprint density at radius 3 is 1.67 bits per heavy atom. The van der Waals surface area contributed by atoms with Crippen LogP contribution in [0.4, 0.5) is 0 Å². The van der Waals surface area contributed by atoms with Gasteiger partial charge < -0.3 is 5.11 Å². The molecule has 0 atom stereocenters. The number of hydrogen-bond donors (Lipinski definition) is 1. The van der Waals surface area contributed by atoms with E-state index in [0.717, 1.165) is 0 Å². The van der Waals surface area contributed by atoms with E-state index in [1.807, 2.05) is 0 Å². The summed E-state index contributed by atoms with van der Waals surface area (Å²) in [5, 5.41) is 9.92. The quantitative estimate of drug-likeness (QED) is 0.639. The first-order chi connectivity index (χ1) is 5.39. The first kappa shape index (κ1) is 11.5. The van der Waals surface area contributed by atoms with Crippen molar-refractivity contribution in [3.63, 3.8) is 0 Å². The molecule has 1 N–H and O–H groups in total. The van der Waals surface area contributed by atoms with E-state index in [1.165, 1.54) is 0 Å². The SMILES string of the molecule is C#CC(O)(CC(C)C)CC(C)C. The Hall–Kier alpha value is -0.480. The Labute approximate surface area is 76.2 Å². The Morgan fingerprint density at radius 1 is 1.17 bits per heavy atom. The van der Waals surface area contributed by atoms with Crippen molar-refractivity contribution in [2.75, 3.05) is 0 Å². The average Bonchev–Trinajstić information content (AvgIpc) is 1.83. The molecule has 0 saturated carbocycles. The number of rotatable bonds is 4. The number of aliphatic hydroxyl groups is 1. The van der Waals surface area contributed by atoms with Crippen molar-refractivity contribution in [2.45, 2.75) is 46.1 Å². The van der Waals surface area contributed by atoms with Crippen LogP contribution in [0.5, 0.6) is 0 Å². The van der Waals surface area contributed by atoms with Crippen LogP contribution in [0.15, 0.2) is 0 Å². The first-order valence-electron chi connectivity index (χ1n) is 4.60. The van der Waals surface area contributed by atoms with Crippen LogP contribution in [0.3, 0.4) is 0 Å². The standard InChI is InChI=1S/C11H20O/c1-6-11(12,7-9(2)3)8-10(4)5/h1,9-10,12H,7-8H2,2-5H3. The van der Waals surface area contributed by atoms with Gasteiger partial charge in [-0.1, -0.05) is 33.6 Å².